The molecule has 96 valence electrons. The third kappa shape index (κ3) is 3.42. The average Bonchev–Trinajstić information content (AvgIpc) is 2.72. The monoisotopic (exact) mass is 241 g/mol. The molecule has 1 aromatic rings. The third-order valence-corrected chi connectivity index (χ3v) is 2.92. The molecule has 0 aliphatic heterocycles. The summed E-state index contributed by atoms with van der Waals surface area (Å²) in [6, 6.07) is 0. The molecule has 17 heavy (non-hydrogen) atoms. The second kappa shape index (κ2) is 5.62. The van der Waals surface area contributed by atoms with Crippen molar-refractivity contribution in [1.29, 1.82) is 0 Å². The standard InChI is InChI=1S/C10H19N5O2/c1-3-10(4-2,6-16)13-8(17)5-15-7-12-9(11)14-15/h7,16H,3-6H2,1-2H3,(H2,11,14)(H,13,17). The molecule has 0 aliphatic carbocycles. The average molecular weight is 241 g/mol. The third-order valence-electron chi connectivity index (χ3n) is 2.92. The van der Waals surface area contributed by atoms with E-state index in [-0.39, 0.29) is 25.0 Å². The number of hydrogen-bond donors (Lipinski definition) is 3. The first-order valence-electron chi connectivity index (χ1n) is 5.62. The molecular weight excluding hydrogens is 222 g/mol. The number of anilines is 1. The van der Waals surface area contributed by atoms with Crippen LogP contribution in [0.4, 0.5) is 5.95 Å². The van der Waals surface area contributed by atoms with Gasteiger partial charge in [-0.3, -0.25) is 4.79 Å². The zero-order chi connectivity index (χ0) is 12.9. The number of nitrogens with two attached hydrogens (primary N) is 1. The normalized spacial score (nSPS) is 11.5. The summed E-state index contributed by atoms with van der Waals surface area (Å²) in [5, 5.41) is 16.0. The van der Waals surface area contributed by atoms with Crippen LogP contribution in [-0.4, -0.2) is 37.9 Å². The van der Waals surface area contributed by atoms with Crippen LogP contribution in [0, 0.1) is 0 Å². The van der Waals surface area contributed by atoms with Gasteiger partial charge in [0.1, 0.15) is 12.9 Å². The van der Waals surface area contributed by atoms with Crippen molar-refractivity contribution in [3.63, 3.8) is 0 Å². The molecule has 0 saturated carbocycles. The highest BCUT2D eigenvalue weighted by Gasteiger charge is 2.27. The maximum Gasteiger partial charge on any atom is 0.242 e. The van der Waals surface area contributed by atoms with Gasteiger partial charge in [0.05, 0.1) is 12.1 Å². The van der Waals surface area contributed by atoms with Crippen LogP contribution in [0.1, 0.15) is 26.7 Å². The fourth-order valence-corrected chi connectivity index (χ4v) is 1.56. The summed E-state index contributed by atoms with van der Waals surface area (Å²) in [6.07, 6.45) is 2.74. The van der Waals surface area contributed by atoms with E-state index < -0.39 is 5.54 Å². The fraction of sp³-hybridized carbons (Fsp3) is 0.700. The quantitative estimate of drug-likeness (QED) is 0.624. The molecule has 0 spiro atoms. The maximum absolute atomic E-state index is 11.8. The SMILES string of the molecule is CCC(CC)(CO)NC(=O)Cn1cnc(N)n1. The Kier molecular flexibility index (Phi) is 4.45. The van der Waals surface area contributed by atoms with Crippen molar-refractivity contribution in [2.75, 3.05) is 12.3 Å². The van der Waals surface area contributed by atoms with Crippen LogP contribution in [0.5, 0.6) is 0 Å². The minimum atomic E-state index is -0.552. The summed E-state index contributed by atoms with van der Waals surface area (Å²) in [5.41, 5.74) is 4.79. The van der Waals surface area contributed by atoms with Crippen molar-refractivity contribution < 1.29 is 9.90 Å². The number of amides is 1. The van der Waals surface area contributed by atoms with E-state index in [1.54, 1.807) is 0 Å². The molecule has 0 bridgehead atoms. The van der Waals surface area contributed by atoms with Crippen molar-refractivity contribution in [3.05, 3.63) is 6.33 Å². The molecule has 1 aromatic heterocycles. The van der Waals surface area contributed by atoms with Crippen molar-refractivity contribution in [2.24, 2.45) is 0 Å². The lowest BCUT2D eigenvalue weighted by atomic mass is 9.94. The molecule has 0 aliphatic rings. The predicted molar refractivity (Wildman–Crippen MR) is 63.0 cm³/mol. The van der Waals surface area contributed by atoms with Crippen LogP contribution < -0.4 is 11.1 Å². The van der Waals surface area contributed by atoms with E-state index in [1.165, 1.54) is 11.0 Å². The molecule has 1 amide bonds. The first kappa shape index (κ1) is 13.4. The van der Waals surface area contributed by atoms with E-state index >= 15 is 0 Å². The molecule has 4 N–H and O–H groups in total. The lowest BCUT2D eigenvalue weighted by molar-refractivity contribution is -0.124. The Morgan fingerprint density at radius 2 is 2.24 bits per heavy atom. The Morgan fingerprint density at radius 3 is 2.65 bits per heavy atom. The summed E-state index contributed by atoms with van der Waals surface area (Å²) < 4.78 is 1.36. The molecule has 0 radical (unpaired) electrons. The van der Waals surface area contributed by atoms with Gasteiger partial charge < -0.3 is 16.2 Å². The first-order chi connectivity index (χ1) is 8.05. The molecule has 0 saturated heterocycles. The number of nitrogens with zero attached hydrogens (tertiary/aromatic N) is 3. The Bertz CT molecular complexity index is 364. The van der Waals surface area contributed by atoms with Gasteiger partial charge in [-0.15, -0.1) is 5.10 Å². The van der Waals surface area contributed by atoms with Crippen LogP contribution in [-0.2, 0) is 11.3 Å². The van der Waals surface area contributed by atoms with Gasteiger partial charge in [0.15, 0.2) is 0 Å². The largest absolute Gasteiger partial charge is 0.394 e. The highest BCUT2D eigenvalue weighted by atomic mass is 16.3. The van der Waals surface area contributed by atoms with E-state index in [0.29, 0.717) is 12.8 Å². The topological polar surface area (TPSA) is 106 Å². The van der Waals surface area contributed by atoms with E-state index in [2.05, 4.69) is 15.4 Å². The lowest BCUT2D eigenvalue weighted by Crippen LogP contribution is -2.51. The number of carbonyl (C=O) groups is 1. The maximum atomic E-state index is 11.8. The smallest absolute Gasteiger partial charge is 0.242 e. The summed E-state index contributed by atoms with van der Waals surface area (Å²) in [6.45, 7) is 3.82. The number of aromatic nitrogens is 3. The van der Waals surface area contributed by atoms with Gasteiger partial charge in [0.25, 0.3) is 0 Å². The second-order valence-corrected chi connectivity index (χ2v) is 3.99. The molecule has 0 fully saturated rings. The van der Waals surface area contributed by atoms with Crippen LogP contribution in [0.15, 0.2) is 6.33 Å². The van der Waals surface area contributed by atoms with Gasteiger partial charge in [0.2, 0.25) is 11.9 Å². The number of rotatable bonds is 6. The summed E-state index contributed by atoms with van der Waals surface area (Å²) in [7, 11) is 0. The minimum absolute atomic E-state index is 0.0476. The highest BCUT2D eigenvalue weighted by Crippen LogP contribution is 2.13. The number of nitrogens with one attached hydrogen (secondary N) is 1. The first-order valence-corrected chi connectivity index (χ1v) is 5.62. The van der Waals surface area contributed by atoms with E-state index in [4.69, 9.17) is 5.73 Å². The summed E-state index contributed by atoms with van der Waals surface area (Å²) in [4.78, 5) is 15.5. The molecule has 0 unspecified atom stereocenters. The van der Waals surface area contributed by atoms with Crippen molar-refractivity contribution in [3.8, 4) is 0 Å². The van der Waals surface area contributed by atoms with Crippen LogP contribution in [0.2, 0.25) is 0 Å². The fourth-order valence-electron chi connectivity index (χ4n) is 1.56. The Balaban J connectivity index is 2.59. The van der Waals surface area contributed by atoms with Crippen molar-refractivity contribution >= 4 is 11.9 Å². The Hall–Kier alpha value is -1.63. The van der Waals surface area contributed by atoms with Gasteiger partial charge in [-0.05, 0) is 12.8 Å². The van der Waals surface area contributed by atoms with Crippen molar-refractivity contribution in [2.45, 2.75) is 38.8 Å². The predicted octanol–water partition coefficient (Wildman–Crippen LogP) is -0.472. The zero-order valence-electron chi connectivity index (χ0n) is 10.2. The van der Waals surface area contributed by atoms with Gasteiger partial charge in [-0.2, -0.15) is 0 Å². The number of nitrogen functional groups attached to an aromatic ring is 1. The van der Waals surface area contributed by atoms with E-state index in [0.717, 1.165) is 0 Å². The molecular formula is C10H19N5O2. The number of aliphatic hydroxyl groups is 1. The molecule has 7 heteroatoms. The van der Waals surface area contributed by atoms with E-state index in [9.17, 15) is 9.90 Å². The summed E-state index contributed by atoms with van der Waals surface area (Å²) in [5.74, 6) is -0.0788. The number of aliphatic hydroxyl groups excluding tert-OH is 1. The lowest BCUT2D eigenvalue weighted by Gasteiger charge is -2.30. The molecule has 0 atom stereocenters. The summed E-state index contributed by atoms with van der Waals surface area (Å²) >= 11 is 0. The van der Waals surface area contributed by atoms with Gasteiger partial charge in [0, 0.05) is 0 Å². The van der Waals surface area contributed by atoms with E-state index in [1.807, 2.05) is 13.8 Å². The minimum Gasteiger partial charge on any atom is -0.394 e. The second-order valence-electron chi connectivity index (χ2n) is 3.99. The zero-order valence-corrected chi connectivity index (χ0v) is 10.2. The number of carbonyl (C=O) groups excluding carboxylic acids is 1. The molecule has 1 rings (SSSR count). The van der Waals surface area contributed by atoms with Crippen LogP contribution >= 0.6 is 0 Å². The highest BCUT2D eigenvalue weighted by molar-refractivity contribution is 5.76. The Labute approximate surface area is 100 Å². The number of hydrogen-bond acceptors (Lipinski definition) is 5. The van der Waals surface area contributed by atoms with Gasteiger partial charge >= 0.3 is 0 Å². The molecule has 0 aromatic carbocycles. The van der Waals surface area contributed by atoms with Crippen molar-refractivity contribution in [1.82, 2.24) is 20.1 Å². The Morgan fingerprint density at radius 1 is 1.59 bits per heavy atom. The van der Waals surface area contributed by atoms with Gasteiger partial charge in [-0.25, -0.2) is 9.67 Å². The molecule has 1 heterocycles. The van der Waals surface area contributed by atoms with Crippen LogP contribution in [0.25, 0.3) is 0 Å². The van der Waals surface area contributed by atoms with Gasteiger partial charge in [-0.1, -0.05) is 13.8 Å². The van der Waals surface area contributed by atoms with Crippen LogP contribution in [0.3, 0.4) is 0 Å². The molecule has 7 nitrogen and oxygen atoms in total.